The third kappa shape index (κ3) is 4.21. The second-order valence-corrected chi connectivity index (χ2v) is 8.90. The number of para-hydroxylation sites is 1. The molecule has 164 valence electrons. The number of carbonyl (C=O) groups excluding carboxylic acids is 2. The molecule has 1 amide bonds. The lowest BCUT2D eigenvalue weighted by molar-refractivity contribution is -0.128. The first kappa shape index (κ1) is 21.1. The third-order valence-corrected chi connectivity index (χ3v) is 6.86. The van der Waals surface area contributed by atoms with E-state index in [1.165, 1.54) is 16.4 Å². The molecule has 0 aliphatic carbocycles. The number of piperazine rings is 1. The largest absolute Gasteiger partial charge is 0.488 e. The highest BCUT2D eigenvalue weighted by Crippen LogP contribution is 2.27. The van der Waals surface area contributed by atoms with Gasteiger partial charge in [-0.15, -0.1) is 0 Å². The van der Waals surface area contributed by atoms with Gasteiger partial charge in [0.15, 0.2) is 0 Å². The van der Waals surface area contributed by atoms with E-state index in [4.69, 9.17) is 13.9 Å². The lowest BCUT2D eigenvalue weighted by atomic mass is 10.1. The van der Waals surface area contributed by atoms with Crippen molar-refractivity contribution < 1.29 is 31.9 Å². The zero-order chi connectivity index (χ0) is 22.0. The van der Waals surface area contributed by atoms with E-state index in [0.29, 0.717) is 5.57 Å². The number of ether oxygens (including phenoxy) is 2. The van der Waals surface area contributed by atoms with E-state index in [2.05, 4.69) is 0 Å². The number of sulfonamides is 1. The summed E-state index contributed by atoms with van der Waals surface area (Å²) in [5.74, 6) is -0.326. The van der Waals surface area contributed by atoms with Crippen molar-refractivity contribution >= 4 is 28.0 Å². The second kappa shape index (κ2) is 8.56. The predicted octanol–water partition coefficient (Wildman–Crippen LogP) is 1.77. The molecule has 2 aliphatic heterocycles. The van der Waals surface area contributed by atoms with Crippen LogP contribution < -0.4 is 4.74 Å². The van der Waals surface area contributed by atoms with Crippen LogP contribution in [-0.4, -0.2) is 68.9 Å². The van der Waals surface area contributed by atoms with E-state index in [1.54, 1.807) is 11.8 Å². The van der Waals surface area contributed by atoms with Gasteiger partial charge in [0.05, 0.1) is 12.2 Å². The average molecular weight is 446 g/mol. The molecule has 0 N–H and O–H groups in total. The molecule has 1 saturated heterocycles. The van der Waals surface area contributed by atoms with Crippen molar-refractivity contribution in [1.29, 1.82) is 0 Å². The van der Waals surface area contributed by atoms with E-state index < -0.39 is 16.0 Å². The van der Waals surface area contributed by atoms with Crippen molar-refractivity contribution in [3.05, 3.63) is 53.3 Å². The van der Waals surface area contributed by atoms with Gasteiger partial charge >= 0.3 is 5.97 Å². The topological polar surface area (TPSA) is 106 Å². The summed E-state index contributed by atoms with van der Waals surface area (Å²) in [6.45, 7) is 2.70. The predicted molar refractivity (Wildman–Crippen MR) is 110 cm³/mol. The van der Waals surface area contributed by atoms with Crippen LogP contribution in [0.25, 0.3) is 6.08 Å². The highest BCUT2D eigenvalue weighted by Gasteiger charge is 2.34. The van der Waals surface area contributed by atoms with Gasteiger partial charge in [0.25, 0.3) is 15.9 Å². The zero-order valence-electron chi connectivity index (χ0n) is 16.9. The molecule has 9 nitrogen and oxygen atoms in total. The first-order valence-electron chi connectivity index (χ1n) is 9.89. The van der Waals surface area contributed by atoms with E-state index in [-0.39, 0.29) is 56.2 Å². The molecule has 4 rings (SSSR count). The summed E-state index contributed by atoms with van der Waals surface area (Å²) in [7, 11) is -3.92. The Morgan fingerprint density at radius 3 is 2.55 bits per heavy atom. The Morgan fingerprint density at radius 1 is 1.06 bits per heavy atom. The zero-order valence-corrected chi connectivity index (χ0v) is 17.8. The van der Waals surface area contributed by atoms with Crippen LogP contribution in [-0.2, 0) is 19.6 Å². The number of hydrogen-bond acceptors (Lipinski definition) is 7. The maximum atomic E-state index is 12.9. The van der Waals surface area contributed by atoms with Crippen LogP contribution in [0.4, 0.5) is 0 Å². The normalized spacial score (nSPS) is 16.8. The van der Waals surface area contributed by atoms with Gasteiger partial charge in [-0.2, -0.15) is 4.31 Å². The summed E-state index contributed by atoms with van der Waals surface area (Å²) in [4.78, 5) is 26.2. The number of amides is 1. The van der Waals surface area contributed by atoms with Crippen LogP contribution in [0.2, 0.25) is 0 Å². The van der Waals surface area contributed by atoms with Crippen molar-refractivity contribution in [2.24, 2.45) is 0 Å². The van der Waals surface area contributed by atoms with Crippen LogP contribution in [0.1, 0.15) is 23.0 Å². The van der Waals surface area contributed by atoms with Gasteiger partial charge in [-0.05, 0) is 31.2 Å². The van der Waals surface area contributed by atoms with Crippen molar-refractivity contribution in [3.63, 3.8) is 0 Å². The van der Waals surface area contributed by atoms with Gasteiger partial charge in [0, 0.05) is 31.7 Å². The Morgan fingerprint density at radius 2 is 1.81 bits per heavy atom. The Bertz CT molecular complexity index is 1130. The van der Waals surface area contributed by atoms with E-state index in [0.717, 1.165) is 11.3 Å². The van der Waals surface area contributed by atoms with Crippen molar-refractivity contribution in [3.8, 4) is 5.75 Å². The number of fused-ring (bicyclic) bond motifs is 1. The maximum absolute atomic E-state index is 12.9. The minimum absolute atomic E-state index is 0.119. The molecule has 2 aromatic rings. The lowest BCUT2D eigenvalue weighted by Crippen LogP contribution is -2.51. The quantitative estimate of drug-likeness (QED) is 0.644. The highest BCUT2D eigenvalue weighted by atomic mass is 32.2. The van der Waals surface area contributed by atoms with Gasteiger partial charge in [-0.25, -0.2) is 13.2 Å². The number of benzene rings is 1. The molecular formula is C21H22N2O7S. The highest BCUT2D eigenvalue weighted by molar-refractivity contribution is 7.89. The molecule has 0 radical (unpaired) electrons. The molecule has 31 heavy (non-hydrogen) atoms. The number of furan rings is 1. The first-order valence-corrected chi connectivity index (χ1v) is 11.3. The van der Waals surface area contributed by atoms with Crippen LogP contribution in [0.5, 0.6) is 5.75 Å². The molecular weight excluding hydrogens is 424 g/mol. The number of nitrogens with zero attached hydrogens (tertiary/aromatic N) is 2. The first-order chi connectivity index (χ1) is 14.9. The third-order valence-electron chi connectivity index (χ3n) is 5.08. The van der Waals surface area contributed by atoms with Gasteiger partial charge < -0.3 is 18.8 Å². The molecule has 1 fully saturated rings. The second-order valence-electron chi connectivity index (χ2n) is 7.03. The SMILES string of the molecule is CCOC(=O)c1ccc(S(=O)(=O)N2CCN(C(=O)C3=Cc4ccccc4OC3)CC2)o1. The molecule has 0 atom stereocenters. The van der Waals surface area contributed by atoms with Crippen molar-refractivity contribution in [2.45, 2.75) is 12.0 Å². The van der Waals surface area contributed by atoms with Crippen LogP contribution in [0, 0.1) is 0 Å². The van der Waals surface area contributed by atoms with Gasteiger partial charge in [-0.3, -0.25) is 4.79 Å². The fourth-order valence-electron chi connectivity index (χ4n) is 3.47. The average Bonchev–Trinajstić information content (AvgIpc) is 3.30. The molecule has 3 heterocycles. The number of hydrogen-bond donors (Lipinski definition) is 0. The Hall–Kier alpha value is -3.11. The molecule has 2 aliphatic rings. The standard InChI is InChI=1S/C21H22N2O7S/c1-2-28-21(25)18-7-8-19(30-18)31(26,27)23-11-9-22(10-12-23)20(24)16-13-15-5-3-4-6-17(15)29-14-16/h3-8,13H,2,9-12,14H2,1H3. The fraction of sp³-hybridized carbons (Fsp3) is 0.333. The molecule has 0 spiro atoms. The molecule has 1 aromatic heterocycles. The summed E-state index contributed by atoms with van der Waals surface area (Å²) in [5.41, 5.74) is 1.37. The summed E-state index contributed by atoms with van der Waals surface area (Å²) in [6, 6.07) is 9.98. The van der Waals surface area contributed by atoms with Crippen LogP contribution in [0.15, 0.2) is 51.5 Å². The van der Waals surface area contributed by atoms with Crippen molar-refractivity contribution in [1.82, 2.24) is 9.21 Å². The van der Waals surface area contributed by atoms with Crippen LogP contribution in [0.3, 0.4) is 0 Å². The Balaban J connectivity index is 1.41. The summed E-state index contributed by atoms with van der Waals surface area (Å²) < 4.78 is 42.6. The van der Waals surface area contributed by atoms with E-state index >= 15 is 0 Å². The van der Waals surface area contributed by atoms with Gasteiger partial charge in [-0.1, -0.05) is 18.2 Å². The monoisotopic (exact) mass is 446 g/mol. The number of carbonyl (C=O) groups is 2. The van der Waals surface area contributed by atoms with Gasteiger partial charge in [0.1, 0.15) is 12.4 Å². The molecule has 0 bridgehead atoms. The molecule has 0 unspecified atom stereocenters. The Kier molecular flexibility index (Phi) is 5.84. The van der Waals surface area contributed by atoms with Crippen LogP contribution >= 0.6 is 0 Å². The smallest absolute Gasteiger partial charge is 0.374 e. The number of rotatable bonds is 5. The van der Waals surface area contributed by atoms with Gasteiger partial charge in [0.2, 0.25) is 10.9 Å². The Labute approximate surface area is 179 Å². The molecule has 10 heteroatoms. The van der Waals surface area contributed by atoms with E-state index in [9.17, 15) is 18.0 Å². The number of esters is 1. The summed E-state index contributed by atoms with van der Waals surface area (Å²) >= 11 is 0. The lowest BCUT2D eigenvalue weighted by Gasteiger charge is -2.34. The van der Waals surface area contributed by atoms with Crippen molar-refractivity contribution in [2.75, 3.05) is 39.4 Å². The summed E-state index contributed by atoms with van der Waals surface area (Å²) in [6.07, 6.45) is 1.81. The minimum atomic E-state index is -3.92. The fourth-order valence-corrected chi connectivity index (χ4v) is 4.81. The molecule has 1 aromatic carbocycles. The minimum Gasteiger partial charge on any atom is -0.488 e. The maximum Gasteiger partial charge on any atom is 0.374 e. The molecule has 0 saturated carbocycles. The van der Waals surface area contributed by atoms with E-state index in [1.807, 2.05) is 30.3 Å². The summed E-state index contributed by atoms with van der Waals surface area (Å²) in [5, 5.41) is -0.324.